The quantitative estimate of drug-likeness (QED) is 0.177. The van der Waals surface area contributed by atoms with Crippen molar-refractivity contribution in [2.45, 2.75) is 54.7 Å². The zero-order chi connectivity index (χ0) is 31.4. The SMILES string of the molecule is C=CCCCCOC(=O)[C@@H]1[C@@H]2CC(C)C3(S2)C(C(=O)N(CC=C)c2ccc(OC)cc2)N([C@H](CO)c2ccccc2)C(=O)[C@H]13. The van der Waals surface area contributed by atoms with E-state index in [1.807, 2.05) is 48.5 Å². The van der Waals surface area contributed by atoms with Crippen LogP contribution >= 0.6 is 11.8 Å². The average Bonchev–Trinajstić information content (AvgIpc) is 3.64. The first kappa shape index (κ1) is 31.9. The van der Waals surface area contributed by atoms with Crippen molar-refractivity contribution in [3.8, 4) is 5.75 Å². The Morgan fingerprint density at radius 3 is 2.50 bits per heavy atom. The zero-order valence-corrected chi connectivity index (χ0v) is 26.3. The van der Waals surface area contributed by atoms with Gasteiger partial charge >= 0.3 is 5.97 Å². The smallest absolute Gasteiger partial charge is 0.310 e. The number of fused-ring (bicyclic) bond motifs is 1. The highest BCUT2D eigenvalue weighted by Crippen LogP contribution is 2.69. The second kappa shape index (κ2) is 13.6. The van der Waals surface area contributed by atoms with Crippen molar-refractivity contribution in [3.63, 3.8) is 0 Å². The van der Waals surface area contributed by atoms with Crippen LogP contribution in [0.25, 0.3) is 0 Å². The molecule has 44 heavy (non-hydrogen) atoms. The topological polar surface area (TPSA) is 96.4 Å². The Morgan fingerprint density at radius 1 is 1.14 bits per heavy atom. The number of thioether (sulfide) groups is 1. The number of benzene rings is 2. The average molecular weight is 619 g/mol. The maximum absolute atomic E-state index is 15.0. The number of methoxy groups -OCH3 is 1. The molecule has 3 heterocycles. The number of amides is 2. The van der Waals surface area contributed by atoms with Crippen molar-refractivity contribution in [3.05, 3.63) is 85.5 Å². The fourth-order valence-electron chi connectivity index (χ4n) is 7.39. The van der Waals surface area contributed by atoms with Crippen molar-refractivity contribution >= 4 is 35.2 Å². The molecule has 3 aliphatic rings. The molecular formula is C35H42N2O6S. The molecule has 3 unspecified atom stereocenters. The summed E-state index contributed by atoms with van der Waals surface area (Å²) >= 11 is 1.59. The van der Waals surface area contributed by atoms with Crippen LogP contribution in [0.4, 0.5) is 5.69 Å². The Morgan fingerprint density at radius 2 is 1.86 bits per heavy atom. The number of anilines is 1. The number of nitrogens with zero attached hydrogens (tertiary/aromatic N) is 2. The molecule has 9 heteroatoms. The van der Waals surface area contributed by atoms with Crippen molar-refractivity contribution < 1.29 is 29.0 Å². The minimum Gasteiger partial charge on any atom is -0.497 e. The largest absolute Gasteiger partial charge is 0.497 e. The van der Waals surface area contributed by atoms with E-state index in [0.717, 1.165) is 18.4 Å². The van der Waals surface area contributed by atoms with Gasteiger partial charge in [0.2, 0.25) is 5.91 Å². The molecule has 2 amide bonds. The lowest BCUT2D eigenvalue weighted by Gasteiger charge is -2.42. The molecule has 2 bridgehead atoms. The summed E-state index contributed by atoms with van der Waals surface area (Å²) in [4.78, 5) is 46.6. The van der Waals surface area contributed by atoms with Gasteiger partial charge in [-0.05, 0) is 61.4 Å². The maximum atomic E-state index is 15.0. The van der Waals surface area contributed by atoms with E-state index in [4.69, 9.17) is 9.47 Å². The van der Waals surface area contributed by atoms with Crippen LogP contribution in [0.3, 0.4) is 0 Å². The van der Waals surface area contributed by atoms with E-state index >= 15 is 0 Å². The van der Waals surface area contributed by atoms with Crippen LogP contribution in [0.2, 0.25) is 0 Å². The van der Waals surface area contributed by atoms with Gasteiger partial charge < -0.3 is 24.4 Å². The van der Waals surface area contributed by atoms with Crippen molar-refractivity contribution in [1.29, 1.82) is 0 Å². The number of carbonyl (C=O) groups excluding carboxylic acids is 3. The molecule has 1 spiro atoms. The van der Waals surface area contributed by atoms with Crippen LogP contribution in [-0.4, -0.2) is 70.7 Å². The van der Waals surface area contributed by atoms with E-state index in [1.165, 1.54) is 0 Å². The summed E-state index contributed by atoms with van der Waals surface area (Å²) in [6.45, 7) is 9.86. The molecule has 1 N–H and O–H groups in total. The van der Waals surface area contributed by atoms with E-state index < -0.39 is 28.7 Å². The molecule has 234 valence electrons. The van der Waals surface area contributed by atoms with Gasteiger partial charge in [0.15, 0.2) is 0 Å². The number of ether oxygens (including phenoxy) is 2. The number of carbonyl (C=O) groups is 3. The highest BCUT2D eigenvalue weighted by molar-refractivity contribution is 8.02. The molecule has 0 aromatic heterocycles. The molecule has 0 saturated carbocycles. The van der Waals surface area contributed by atoms with Gasteiger partial charge in [-0.2, -0.15) is 0 Å². The fourth-order valence-corrected chi connectivity index (χ4v) is 9.78. The normalized spacial score (nSPS) is 27.5. The number of hydrogen-bond acceptors (Lipinski definition) is 7. The van der Waals surface area contributed by atoms with Crippen LogP contribution in [-0.2, 0) is 19.1 Å². The minimum atomic E-state index is -0.921. The Balaban J connectivity index is 1.58. The molecule has 3 aliphatic heterocycles. The first-order valence-corrected chi connectivity index (χ1v) is 16.2. The van der Waals surface area contributed by atoms with Gasteiger partial charge in [-0.3, -0.25) is 14.4 Å². The number of hydrogen-bond donors (Lipinski definition) is 1. The number of aliphatic hydroxyl groups is 1. The van der Waals surface area contributed by atoms with Crippen LogP contribution in [0.15, 0.2) is 79.9 Å². The zero-order valence-electron chi connectivity index (χ0n) is 25.5. The highest BCUT2D eigenvalue weighted by Gasteiger charge is 2.77. The van der Waals surface area contributed by atoms with Crippen molar-refractivity contribution in [2.75, 3.05) is 31.8 Å². The second-order valence-corrected chi connectivity index (χ2v) is 13.3. The van der Waals surface area contributed by atoms with E-state index in [9.17, 15) is 19.5 Å². The van der Waals surface area contributed by atoms with Crippen LogP contribution in [0.1, 0.15) is 44.2 Å². The highest BCUT2D eigenvalue weighted by atomic mass is 32.2. The molecule has 0 aliphatic carbocycles. The van der Waals surface area contributed by atoms with Crippen LogP contribution in [0.5, 0.6) is 5.75 Å². The van der Waals surface area contributed by atoms with Gasteiger partial charge in [0.1, 0.15) is 11.8 Å². The van der Waals surface area contributed by atoms with Crippen LogP contribution in [0, 0.1) is 17.8 Å². The summed E-state index contributed by atoms with van der Waals surface area (Å²) in [5, 5.41) is 10.6. The lowest BCUT2D eigenvalue weighted by molar-refractivity contribution is -0.155. The first-order chi connectivity index (χ1) is 21.3. The number of aliphatic hydroxyl groups excluding tert-OH is 1. The lowest BCUT2D eigenvalue weighted by atomic mass is 9.66. The summed E-state index contributed by atoms with van der Waals surface area (Å²) in [5.41, 5.74) is 1.37. The molecule has 3 saturated heterocycles. The number of likely N-dealkylation sites (tertiary alicyclic amines) is 1. The number of allylic oxidation sites excluding steroid dienone is 1. The summed E-state index contributed by atoms with van der Waals surface area (Å²) in [6.07, 6.45) is 6.63. The minimum absolute atomic E-state index is 0.0291. The molecule has 8 nitrogen and oxygen atoms in total. The van der Waals surface area contributed by atoms with Crippen molar-refractivity contribution in [1.82, 2.24) is 4.90 Å². The third kappa shape index (κ3) is 5.45. The number of esters is 1. The molecule has 2 aromatic rings. The third-order valence-electron chi connectivity index (χ3n) is 9.39. The second-order valence-electron chi connectivity index (χ2n) is 11.8. The molecule has 3 fully saturated rings. The summed E-state index contributed by atoms with van der Waals surface area (Å²) in [7, 11) is 1.58. The summed E-state index contributed by atoms with van der Waals surface area (Å²) < 4.78 is 10.2. The summed E-state index contributed by atoms with van der Waals surface area (Å²) in [6, 6.07) is 14.8. The monoisotopic (exact) mass is 618 g/mol. The summed E-state index contributed by atoms with van der Waals surface area (Å²) in [5.74, 6) is -1.70. The van der Waals surface area contributed by atoms with Gasteiger partial charge in [-0.1, -0.05) is 49.4 Å². The standard InChI is InChI=1S/C35H42N2O6S/c1-5-7-8-12-20-43-34(41)29-28-21-23(3)35(44-28)30(29)32(39)37(27(22-38)24-13-10-9-11-14-24)31(35)33(40)36(19-6-2)25-15-17-26(42-4)18-16-25/h5-6,9-11,13-18,23,27-31,38H,1-2,7-8,12,19-22H2,3-4H3/t23?,27-,28+,29-,30+,31?,35?/m1/s1. The van der Waals surface area contributed by atoms with Gasteiger partial charge in [0.05, 0.1) is 42.9 Å². The van der Waals surface area contributed by atoms with E-state index in [2.05, 4.69) is 20.1 Å². The van der Waals surface area contributed by atoms with Gasteiger partial charge in [-0.25, -0.2) is 0 Å². The van der Waals surface area contributed by atoms with E-state index in [0.29, 0.717) is 24.3 Å². The number of unbranched alkanes of at least 4 members (excludes halogenated alkanes) is 2. The molecule has 0 radical (unpaired) electrons. The maximum Gasteiger partial charge on any atom is 0.310 e. The molecule has 7 atom stereocenters. The van der Waals surface area contributed by atoms with Gasteiger partial charge in [-0.15, -0.1) is 24.9 Å². The molecule has 5 rings (SSSR count). The Bertz CT molecular complexity index is 1370. The predicted molar refractivity (Wildman–Crippen MR) is 172 cm³/mol. The number of rotatable bonds is 14. The van der Waals surface area contributed by atoms with Gasteiger partial charge in [0.25, 0.3) is 5.91 Å². The van der Waals surface area contributed by atoms with E-state index in [-0.39, 0.29) is 48.7 Å². The van der Waals surface area contributed by atoms with Crippen molar-refractivity contribution in [2.24, 2.45) is 17.8 Å². The van der Waals surface area contributed by atoms with Crippen LogP contribution < -0.4 is 9.64 Å². The van der Waals surface area contributed by atoms with E-state index in [1.54, 1.807) is 46.9 Å². The fraction of sp³-hybridized carbons (Fsp3) is 0.457. The van der Waals surface area contributed by atoms with Gasteiger partial charge in [0, 0.05) is 17.5 Å². The molecule has 2 aromatic carbocycles. The predicted octanol–water partition coefficient (Wildman–Crippen LogP) is 5.18. The Kier molecular flexibility index (Phi) is 9.85. The third-order valence-corrected chi connectivity index (χ3v) is 11.5. The first-order valence-electron chi connectivity index (χ1n) is 15.3. The Hall–Kier alpha value is -3.56. The molecular weight excluding hydrogens is 576 g/mol. The lowest BCUT2D eigenvalue weighted by Crippen LogP contribution is -2.58. The Labute approximate surface area is 264 Å².